The second kappa shape index (κ2) is 17.8. The molecule has 4 heterocycles. The summed E-state index contributed by atoms with van der Waals surface area (Å²) in [5, 5.41) is 1.03. The molecule has 0 aliphatic carbocycles. The molecule has 4 aromatic heterocycles. The van der Waals surface area contributed by atoms with Crippen molar-refractivity contribution in [3.05, 3.63) is 166 Å². The number of benzene rings is 4. The fourth-order valence-electron chi connectivity index (χ4n) is 6.03. The summed E-state index contributed by atoms with van der Waals surface area (Å²) < 4.78 is 81.4. The van der Waals surface area contributed by atoms with Gasteiger partial charge in [-0.05, 0) is 96.4 Å². The molecule has 0 bridgehead atoms. The van der Waals surface area contributed by atoms with Crippen LogP contribution in [0.1, 0.15) is 17.0 Å². The van der Waals surface area contributed by atoms with Crippen LogP contribution in [-0.4, -0.2) is 29.9 Å². The van der Waals surface area contributed by atoms with Crippen molar-refractivity contribution in [3.63, 3.8) is 0 Å². The maximum atomic E-state index is 13.6. The lowest BCUT2D eigenvalue weighted by Gasteiger charge is -2.12. The average molecular weight is 902 g/mol. The summed E-state index contributed by atoms with van der Waals surface area (Å²) in [6.07, 6.45) is -6.08. The molecule has 312 valence electrons. The zero-order valence-electron chi connectivity index (χ0n) is 31.9. The number of alkyl halides is 6. The Bertz CT molecular complexity index is 2710. The Kier molecular flexibility index (Phi) is 12.5. The van der Waals surface area contributed by atoms with Crippen LogP contribution in [0.25, 0.3) is 67.5 Å². The molecule has 8 rings (SSSR count). The molecule has 0 fully saturated rings. The lowest BCUT2D eigenvalue weighted by Crippen LogP contribution is -2.10. The molecular weight excluding hydrogens is 873 g/mol. The number of hydrogen-bond acceptors (Lipinski definition) is 8. The van der Waals surface area contributed by atoms with Crippen molar-refractivity contribution in [1.29, 1.82) is 0 Å². The van der Waals surface area contributed by atoms with Crippen molar-refractivity contribution in [3.8, 4) is 67.5 Å². The van der Waals surface area contributed by atoms with Gasteiger partial charge in [0.05, 0.1) is 21.4 Å². The summed E-state index contributed by atoms with van der Waals surface area (Å²) in [5.41, 5.74) is 15.0. The lowest BCUT2D eigenvalue weighted by molar-refractivity contribution is -0.141. The average Bonchev–Trinajstić information content (AvgIpc) is 3.25. The molecule has 4 N–H and O–H groups in total. The van der Waals surface area contributed by atoms with Gasteiger partial charge in [-0.25, -0.2) is 29.9 Å². The summed E-state index contributed by atoms with van der Waals surface area (Å²) in [7, 11) is 0. The van der Waals surface area contributed by atoms with Crippen LogP contribution >= 0.6 is 34.8 Å². The number of nitrogens with zero attached hydrogens (tertiary/aromatic N) is 6. The highest BCUT2D eigenvalue weighted by Gasteiger charge is 2.35. The number of nitrogen functional groups attached to an aromatic ring is 2. The summed E-state index contributed by atoms with van der Waals surface area (Å²) in [4.78, 5) is 24.4. The summed E-state index contributed by atoms with van der Waals surface area (Å²) in [6.45, 7) is 1.78. The summed E-state index contributed by atoms with van der Waals surface area (Å²) >= 11 is 18.0. The third-order valence-corrected chi connectivity index (χ3v) is 10.3. The van der Waals surface area contributed by atoms with Gasteiger partial charge in [0.15, 0.2) is 11.6 Å². The first kappa shape index (κ1) is 43.5. The number of anilines is 2. The highest BCUT2D eigenvalue weighted by atomic mass is 35.5. The molecule has 0 saturated heterocycles. The normalized spacial score (nSPS) is 11.5. The fourth-order valence-corrected chi connectivity index (χ4v) is 6.44. The molecule has 0 atom stereocenters. The monoisotopic (exact) mass is 900 g/mol. The third kappa shape index (κ3) is 10.3. The molecule has 0 saturated carbocycles. The van der Waals surface area contributed by atoms with Gasteiger partial charge in [0, 0.05) is 50.8 Å². The van der Waals surface area contributed by atoms with Crippen LogP contribution in [0.4, 0.5) is 38.0 Å². The second-order valence-corrected chi connectivity index (χ2v) is 14.8. The Labute approximate surface area is 365 Å². The number of rotatable bonds is 6. The molecule has 0 aliphatic heterocycles. The van der Waals surface area contributed by atoms with E-state index in [9.17, 15) is 26.3 Å². The van der Waals surface area contributed by atoms with E-state index in [-0.39, 0.29) is 28.1 Å². The minimum Gasteiger partial charge on any atom is -0.384 e. The molecule has 4 aromatic carbocycles. The molecule has 0 unspecified atom stereocenters. The van der Waals surface area contributed by atoms with Crippen LogP contribution in [0.5, 0.6) is 0 Å². The first-order valence-corrected chi connectivity index (χ1v) is 19.3. The predicted octanol–water partition coefficient (Wildman–Crippen LogP) is 13.2. The van der Waals surface area contributed by atoms with Crippen molar-refractivity contribution < 1.29 is 26.3 Å². The molecule has 8 nitrogen and oxygen atoms in total. The van der Waals surface area contributed by atoms with Gasteiger partial charge in [0.1, 0.15) is 23.0 Å². The minimum absolute atomic E-state index is 0.0253. The van der Waals surface area contributed by atoms with Gasteiger partial charge in [0.25, 0.3) is 0 Å². The molecule has 0 spiro atoms. The number of nitrogens with two attached hydrogens (primary N) is 2. The first-order chi connectivity index (χ1) is 29.4. The van der Waals surface area contributed by atoms with Crippen molar-refractivity contribution >= 4 is 46.4 Å². The van der Waals surface area contributed by atoms with Gasteiger partial charge >= 0.3 is 12.4 Å². The van der Waals surface area contributed by atoms with Crippen LogP contribution in [-0.2, 0) is 12.4 Å². The van der Waals surface area contributed by atoms with Crippen molar-refractivity contribution in [2.75, 3.05) is 11.5 Å². The van der Waals surface area contributed by atoms with Gasteiger partial charge in [-0.15, -0.1) is 0 Å². The lowest BCUT2D eigenvalue weighted by atomic mass is 10.0. The van der Waals surface area contributed by atoms with Gasteiger partial charge in [-0.3, -0.25) is 0 Å². The Morgan fingerprint density at radius 1 is 0.419 bits per heavy atom. The maximum absolute atomic E-state index is 13.6. The van der Waals surface area contributed by atoms with E-state index in [2.05, 4.69) is 29.9 Å². The zero-order chi connectivity index (χ0) is 44.3. The van der Waals surface area contributed by atoms with Gasteiger partial charge in [-0.2, -0.15) is 26.3 Å². The predicted molar refractivity (Wildman–Crippen MR) is 231 cm³/mol. The Balaban J connectivity index is 0.000000186. The number of pyridine rings is 2. The quantitative estimate of drug-likeness (QED) is 0.158. The van der Waals surface area contributed by atoms with Crippen LogP contribution < -0.4 is 11.5 Å². The van der Waals surface area contributed by atoms with Crippen LogP contribution in [0.2, 0.25) is 15.1 Å². The molecule has 17 heteroatoms. The van der Waals surface area contributed by atoms with Crippen LogP contribution in [0, 0.1) is 6.92 Å². The van der Waals surface area contributed by atoms with Crippen molar-refractivity contribution in [2.45, 2.75) is 19.3 Å². The van der Waals surface area contributed by atoms with Gasteiger partial charge < -0.3 is 11.5 Å². The van der Waals surface area contributed by atoms with E-state index in [0.29, 0.717) is 43.9 Å². The maximum Gasteiger partial charge on any atom is 0.433 e. The molecule has 0 amide bonds. The van der Waals surface area contributed by atoms with Gasteiger partial charge in [0.2, 0.25) is 0 Å². The SMILES string of the molecule is Cc1cc(-c2cc(C(F)(F)F)nc(-c3cccc(-c4ccc(N)nc4)c3)n2)ccc1Cl.Nc1ccc(-c2cccc(-c3nc(-c4ccc(Cl)c(Cl)c4)cc(C(F)(F)F)n3)c2)cn1. The fraction of sp³-hybridized carbons (Fsp3) is 0.0667. The molecule has 0 radical (unpaired) electrons. The van der Waals surface area contributed by atoms with E-state index in [1.54, 1.807) is 104 Å². The second-order valence-electron chi connectivity index (χ2n) is 13.6. The number of aryl methyl sites for hydroxylation is 1. The zero-order valence-corrected chi connectivity index (χ0v) is 34.2. The molecule has 62 heavy (non-hydrogen) atoms. The summed E-state index contributed by atoms with van der Waals surface area (Å²) in [5.74, 6) is 0.653. The Morgan fingerprint density at radius 2 is 0.839 bits per heavy atom. The largest absolute Gasteiger partial charge is 0.433 e. The molecule has 8 aromatic rings. The summed E-state index contributed by atoms with van der Waals surface area (Å²) in [6, 6.07) is 32.0. The third-order valence-electron chi connectivity index (χ3n) is 9.18. The van der Waals surface area contributed by atoms with E-state index in [1.165, 1.54) is 12.1 Å². The van der Waals surface area contributed by atoms with Crippen LogP contribution in [0.15, 0.2) is 134 Å². The number of hydrogen-bond donors (Lipinski definition) is 2. The highest BCUT2D eigenvalue weighted by Crippen LogP contribution is 2.36. The van der Waals surface area contributed by atoms with E-state index in [1.807, 2.05) is 12.1 Å². The minimum atomic E-state index is -4.65. The number of halogens is 9. The highest BCUT2D eigenvalue weighted by molar-refractivity contribution is 6.42. The van der Waals surface area contributed by atoms with Gasteiger partial charge in [-0.1, -0.05) is 83.3 Å². The van der Waals surface area contributed by atoms with E-state index in [4.69, 9.17) is 46.3 Å². The molecular formula is C45H29Cl3F6N8. The Hall–Kier alpha value is -6.61. The van der Waals surface area contributed by atoms with Crippen LogP contribution in [0.3, 0.4) is 0 Å². The smallest absolute Gasteiger partial charge is 0.384 e. The van der Waals surface area contributed by atoms with E-state index >= 15 is 0 Å². The van der Waals surface area contributed by atoms with Crippen molar-refractivity contribution in [2.24, 2.45) is 0 Å². The topological polar surface area (TPSA) is 129 Å². The molecule has 0 aliphatic rings. The van der Waals surface area contributed by atoms with E-state index < -0.39 is 23.7 Å². The first-order valence-electron chi connectivity index (χ1n) is 18.2. The Morgan fingerprint density at radius 3 is 1.24 bits per heavy atom. The standard InChI is InChI=1S/C23H16ClF3N4.C22H13Cl2F3N4/c1-13-9-15(5-7-18(13)24)19-11-20(23(25,26)27)31-22(30-19)16-4-2-3-14(10-16)17-6-8-21(28)29-12-17;23-16-6-4-13(9-17(16)24)18-10-19(22(25,26)27)31-21(30-18)14-3-1-2-12(8-14)15-5-7-20(28)29-11-15/h2-12H,1H3,(H2,28,29);1-11H,(H2,28,29). The van der Waals surface area contributed by atoms with Crippen molar-refractivity contribution in [1.82, 2.24) is 29.9 Å². The van der Waals surface area contributed by atoms with E-state index in [0.717, 1.165) is 39.9 Å². The number of aromatic nitrogens is 6.